The van der Waals surface area contributed by atoms with Crippen molar-refractivity contribution in [3.05, 3.63) is 76.1 Å². The highest BCUT2D eigenvalue weighted by Gasteiger charge is 2.41. The smallest absolute Gasteiger partial charge is 0.392 e. The second kappa shape index (κ2) is 9.23. The normalized spacial score (nSPS) is 16.0. The SMILES string of the molecule is Nc1ncc(C(F)(F)F)c(N2CCC[C@H]2c2nn3ccc(CO)c3c(=O)n2-c2ccccc2)n1.S. The van der Waals surface area contributed by atoms with Crippen molar-refractivity contribution in [2.75, 3.05) is 17.2 Å². The summed E-state index contributed by atoms with van der Waals surface area (Å²) in [5, 5.41) is 14.3. The lowest BCUT2D eigenvalue weighted by atomic mass is 10.1. The second-order valence-electron chi connectivity index (χ2n) is 7.94. The van der Waals surface area contributed by atoms with Gasteiger partial charge in [-0.3, -0.25) is 9.36 Å². The Hall–Kier alpha value is -3.58. The zero-order valence-electron chi connectivity index (χ0n) is 18.3. The van der Waals surface area contributed by atoms with Gasteiger partial charge in [-0.05, 0) is 31.0 Å². The van der Waals surface area contributed by atoms with E-state index in [2.05, 4.69) is 15.1 Å². The van der Waals surface area contributed by atoms with Crippen LogP contribution in [0, 0.1) is 0 Å². The summed E-state index contributed by atoms with van der Waals surface area (Å²) in [6.45, 7) is -0.0905. The summed E-state index contributed by atoms with van der Waals surface area (Å²) >= 11 is 0. The van der Waals surface area contributed by atoms with Gasteiger partial charge in [-0.1, -0.05) is 18.2 Å². The average Bonchev–Trinajstić information content (AvgIpc) is 3.46. The van der Waals surface area contributed by atoms with E-state index >= 15 is 0 Å². The number of benzene rings is 1. The lowest BCUT2D eigenvalue weighted by molar-refractivity contribution is -0.137. The topological polar surface area (TPSA) is 115 Å². The molecule has 1 aromatic carbocycles. The first-order valence-corrected chi connectivity index (χ1v) is 10.6. The van der Waals surface area contributed by atoms with Crippen LogP contribution in [0.3, 0.4) is 0 Å². The first-order chi connectivity index (χ1) is 16.3. The van der Waals surface area contributed by atoms with E-state index in [9.17, 15) is 23.1 Å². The molecule has 0 spiro atoms. The van der Waals surface area contributed by atoms with Gasteiger partial charge in [-0.2, -0.15) is 36.7 Å². The van der Waals surface area contributed by atoms with E-state index in [1.165, 1.54) is 14.0 Å². The first kappa shape index (κ1) is 24.5. The van der Waals surface area contributed by atoms with E-state index in [0.29, 0.717) is 30.3 Å². The summed E-state index contributed by atoms with van der Waals surface area (Å²) in [4.78, 5) is 22.5. The Morgan fingerprint density at radius 2 is 1.91 bits per heavy atom. The van der Waals surface area contributed by atoms with Crippen molar-refractivity contribution in [3.8, 4) is 5.69 Å². The number of para-hydroxylation sites is 1. The van der Waals surface area contributed by atoms with Crippen LogP contribution < -0.4 is 16.2 Å². The number of alkyl halides is 3. The zero-order valence-corrected chi connectivity index (χ0v) is 19.3. The Balaban J connectivity index is 0.00000289. The van der Waals surface area contributed by atoms with Gasteiger partial charge in [0.15, 0.2) is 5.82 Å². The summed E-state index contributed by atoms with van der Waals surface area (Å²) in [7, 11) is 0. The number of halogens is 3. The third kappa shape index (κ3) is 4.21. The van der Waals surface area contributed by atoms with Crippen LogP contribution in [0.1, 0.15) is 35.8 Å². The van der Waals surface area contributed by atoms with Gasteiger partial charge in [-0.15, -0.1) is 0 Å². The van der Waals surface area contributed by atoms with Crippen LogP contribution in [0.4, 0.5) is 24.9 Å². The summed E-state index contributed by atoms with van der Waals surface area (Å²) in [6, 6.07) is 9.62. The fraction of sp³-hybridized carbons (Fsp3) is 0.273. The molecule has 0 amide bonds. The number of hydrogen-bond acceptors (Lipinski definition) is 7. The molecular weight excluding hydrogens is 483 g/mol. The Morgan fingerprint density at radius 3 is 2.60 bits per heavy atom. The number of nitrogens with zero attached hydrogens (tertiary/aromatic N) is 6. The first-order valence-electron chi connectivity index (χ1n) is 10.6. The number of nitrogen functional groups attached to an aromatic ring is 1. The van der Waals surface area contributed by atoms with Gasteiger partial charge in [0, 0.05) is 24.5 Å². The molecule has 4 aromatic rings. The minimum absolute atomic E-state index is 0. The van der Waals surface area contributed by atoms with Gasteiger partial charge in [-0.25, -0.2) is 9.50 Å². The quantitative estimate of drug-likeness (QED) is 0.438. The fourth-order valence-electron chi connectivity index (χ4n) is 4.41. The van der Waals surface area contributed by atoms with Crippen LogP contribution in [0.2, 0.25) is 0 Å². The molecule has 0 saturated carbocycles. The van der Waals surface area contributed by atoms with Crippen LogP contribution in [-0.2, 0) is 12.8 Å². The zero-order chi connectivity index (χ0) is 24.0. The van der Waals surface area contributed by atoms with E-state index in [0.717, 1.165) is 0 Å². The molecule has 1 atom stereocenters. The summed E-state index contributed by atoms with van der Waals surface area (Å²) in [5.41, 5.74) is 5.31. The Morgan fingerprint density at radius 1 is 1.17 bits per heavy atom. The predicted molar refractivity (Wildman–Crippen MR) is 128 cm³/mol. The van der Waals surface area contributed by atoms with Crippen molar-refractivity contribution in [1.29, 1.82) is 0 Å². The molecule has 1 saturated heterocycles. The molecule has 5 rings (SSSR count). The number of anilines is 2. The Kier molecular flexibility index (Phi) is 6.47. The van der Waals surface area contributed by atoms with Crippen molar-refractivity contribution in [3.63, 3.8) is 0 Å². The summed E-state index contributed by atoms with van der Waals surface area (Å²) in [6.07, 6.45) is -1.47. The van der Waals surface area contributed by atoms with Crippen molar-refractivity contribution in [1.82, 2.24) is 24.1 Å². The predicted octanol–water partition coefficient (Wildman–Crippen LogP) is 2.82. The lowest BCUT2D eigenvalue weighted by Gasteiger charge is -2.29. The van der Waals surface area contributed by atoms with Crippen molar-refractivity contribution in [2.45, 2.75) is 31.7 Å². The third-order valence-corrected chi connectivity index (χ3v) is 5.90. The van der Waals surface area contributed by atoms with Gasteiger partial charge in [0.25, 0.3) is 5.56 Å². The van der Waals surface area contributed by atoms with E-state index in [-0.39, 0.29) is 49.8 Å². The number of aliphatic hydroxyl groups excluding tert-OH is 1. The maximum atomic E-state index is 13.8. The van der Waals surface area contributed by atoms with E-state index in [1.54, 1.807) is 42.6 Å². The maximum absolute atomic E-state index is 13.8. The van der Waals surface area contributed by atoms with Crippen LogP contribution in [0.25, 0.3) is 11.2 Å². The molecule has 9 nitrogen and oxygen atoms in total. The molecule has 1 aliphatic rings. The highest BCUT2D eigenvalue weighted by atomic mass is 32.1. The van der Waals surface area contributed by atoms with Crippen LogP contribution >= 0.6 is 13.5 Å². The largest absolute Gasteiger partial charge is 0.421 e. The molecule has 1 fully saturated rings. The van der Waals surface area contributed by atoms with E-state index in [1.807, 2.05) is 0 Å². The van der Waals surface area contributed by atoms with Gasteiger partial charge < -0.3 is 15.7 Å². The molecule has 0 bridgehead atoms. The summed E-state index contributed by atoms with van der Waals surface area (Å²) in [5.74, 6) is -0.373. The van der Waals surface area contributed by atoms with Crippen LogP contribution in [0.15, 0.2) is 53.6 Å². The van der Waals surface area contributed by atoms with Crippen LogP contribution in [0.5, 0.6) is 0 Å². The molecule has 0 unspecified atom stereocenters. The number of hydrogen-bond donors (Lipinski definition) is 2. The molecule has 184 valence electrons. The van der Waals surface area contributed by atoms with Crippen molar-refractivity contribution < 1.29 is 18.3 Å². The number of nitrogens with two attached hydrogens (primary N) is 1. The molecule has 0 aliphatic carbocycles. The van der Waals surface area contributed by atoms with Crippen molar-refractivity contribution >= 4 is 30.8 Å². The summed E-state index contributed by atoms with van der Waals surface area (Å²) < 4.78 is 44.1. The highest BCUT2D eigenvalue weighted by Crippen LogP contribution is 2.41. The number of aromatic nitrogens is 5. The molecule has 35 heavy (non-hydrogen) atoms. The molecule has 1 aliphatic heterocycles. The molecule has 4 heterocycles. The maximum Gasteiger partial charge on any atom is 0.421 e. The highest BCUT2D eigenvalue weighted by molar-refractivity contribution is 7.59. The second-order valence-corrected chi connectivity index (χ2v) is 7.94. The van der Waals surface area contributed by atoms with Crippen LogP contribution in [-0.4, -0.2) is 35.8 Å². The lowest BCUT2D eigenvalue weighted by Crippen LogP contribution is -2.34. The molecule has 13 heteroatoms. The number of aliphatic hydroxyl groups is 1. The van der Waals surface area contributed by atoms with Gasteiger partial charge >= 0.3 is 6.18 Å². The minimum Gasteiger partial charge on any atom is -0.392 e. The standard InChI is InChI=1S/C22H20F3N7O2.H2S/c23-22(24,25)15-11-27-21(26)28-18(15)30-9-4-7-16(30)19-29-31-10-8-13(12-33)17(31)20(34)32(19)14-5-2-1-3-6-14;/h1-3,5-6,8,10-11,16,33H,4,7,9,12H2,(H2,26,27,28);1H2/t16-;/m0./s1. The fourth-order valence-corrected chi connectivity index (χ4v) is 4.41. The minimum atomic E-state index is -4.69. The number of rotatable bonds is 4. The monoisotopic (exact) mass is 505 g/mol. The van der Waals surface area contributed by atoms with Gasteiger partial charge in [0.05, 0.1) is 18.3 Å². The van der Waals surface area contributed by atoms with Gasteiger partial charge in [0.2, 0.25) is 5.95 Å². The number of fused-ring (bicyclic) bond motifs is 1. The van der Waals surface area contributed by atoms with E-state index < -0.39 is 23.3 Å². The average molecular weight is 506 g/mol. The molecule has 0 radical (unpaired) electrons. The van der Waals surface area contributed by atoms with Gasteiger partial charge in [0.1, 0.15) is 16.9 Å². The molecule has 3 aromatic heterocycles. The Labute approximate surface area is 204 Å². The molecule has 3 N–H and O–H groups in total. The molecular formula is C22H22F3N7O2S. The Bertz CT molecular complexity index is 1420. The van der Waals surface area contributed by atoms with Crippen molar-refractivity contribution in [2.24, 2.45) is 0 Å². The van der Waals surface area contributed by atoms with E-state index in [4.69, 9.17) is 5.73 Å². The third-order valence-electron chi connectivity index (χ3n) is 5.90.